The molecule has 0 radical (unpaired) electrons. The predicted octanol–water partition coefficient (Wildman–Crippen LogP) is 0.770. The Hall–Kier alpha value is -1.28. The average Bonchev–Trinajstić information content (AvgIpc) is 2.38. The van der Waals surface area contributed by atoms with Crippen LogP contribution in [0.2, 0.25) is 0 Å². The fraction of sp³-hybridized carbons (Fsp3) is 0.545. The molecule has 1 saturated heterocycles. The molecule has 4 nitrogen and oxygen atoms in total. The Morgan fingerprint density at radius 2 is 1.79 bits per heavy atom. The third-order valence-electron chi connectivity index (χ3n) is 3.15. The molecular formula is C11H14BF3N2O2. The van der Waals surface area contributed by atoms with Gasteiger partial charge >= 0.3 is 13.3 Å². The van der Waals surface area contributed by atoms with Gasteiger partial charge < -0.3 is 14.9 Å². The van der Waals surface area contributed by atoms with Crippen LogP contribution in [0.15, 0.2) is 12.3 Å². The molecule has 1 aromatic heterocycles. The van der Waals surface area contributed by atoms with Gasteiger partial charge in [-0.05, 0) is 25.3 Å². The van der Waals surface area contributed by atoms with Crippen LogP contribution >= 0.6 is 0 Å². The minimum absolute atomic E-state index is 0.128. The van der Waals surface area contributed by atoms with Crippen LogP contribution in [0.5, 0.6) is 0 Å². The number of pyridine rings is 1. The van der Waals surface area contributed by atoms with E-state index in [1.54, 1.807) is 4.90 Å². The van der Waals surface area contributed by atoms with Crippen molar-refractivity contribution in [3.8, 4) is 0 Å². The zero-order chi connectivity index (χ0) is 14.0. The van der Waals surface area contributed by atoms with Gasteiger partial charge in [0, 0.05) is 24.7 Å². The summed E-state index contributed by atoms with van der Waals surface area (Å²) < 4.78 is 39.1. The summed E-state index contributed by atoms with van der Waals surface area (Å²) in [5, 5.41) is 17.9. The standard InChI is InChI=1S/C11H14BF3N2O2/c13-11(14,15)9-6-8(12(18)19)7-16-10(9)17-4-2-1-3-5-17/h6-7,18-19H,1-5H2. The average molecular weight is 274 g/mol. The van der Waals surface area contributed by atoms with Gasteiger partial charge in [-0.2, -0.15) is 13.2 Å². The Morgan fingerprint density at radius 1 is 1.16 bits per heavy atom. The summed E-state index contributed by atoms with van der Waals surface area (Å²) in [6.07, 6.45) is -0.813. The van der Waals surface area contributed by atoms with Crippen LogP contribution < -0.4 is 10.4 Å². The number of alkyl halides is 3. The molecule has 0 amide bonds. The second-order valence-electron chi connectivity index (χ2n) is 4.56. The first-order valence-corrected chi connectivity index (χ1v) is 6.08. The lowest BCUT2D eigenvalue weighted by Gasteiger charge is -2.30. The molecule has 8 heteroatoms. The van der Waals surface area contributed by atoms with Crippen LogP contribution in [-0.2, 0) is 6.18 Å². The van der Waals surface area contributed by atoms with Crippen LogP contribution in [0, 0.1) is 0 Å². The number of anilines is 1. The van der Waals surface area contributed by atoms with Crippen molar-refractivity contribution in [1.82, 2.24) is 4.98 Å². The molecular weight excluding hydrogens is 260 g/mol. The highest BCUT2D eigenvalue weighted by Crippen LogP contribution is 2.35. The van der Waals surface area contributed by atoms with Crippen molar-refractivity contribution in [3.05, 3.63) is 17.8 Å². The molecule has 0 aliphatic carbocycles. The van der Waals surface area contributed by atoms with Crippen LogP contribution in [-0.4, -0.2) is 35.2 Å². The van der Waals surface area contributed by atoms with E-state index in [0.717, 1.165) is 31.5 Å². The lowest BCUT2D eigenvalue weighted by molar-refractivity contribution is -0.137. The molecule has 0 atom stereocenters. The summed E-state index contributed by atoms with van der Waals surface area (Å²) in [4.78, 5) is 5.37. The van der Waals surface area contributed by atoms with Crippen LogP contribution in [0.4, 0.5) is 19.0 Å². The molecule has 19 heavy (non-hydrogen) atoms. The van der Waals surface area contributed by atoms with Gasteiger partial charge in [-0.1, -0.05) is 0 Å². The molecule has 0 aromatic carbocycles. The maximum atomic E-state index is 13.0. The molecule has 1 aliphatic heterocycles. The predicted molar refractivity (Wildman–Crippen MR) is 65.1 cm³/mol. The Kier molecular flexibility index (Phi) is 4.00. The van der Waals surface area contributed by atoms with E-state index in [1.807, 2.05) is 0 Å². The van der Waals surface area contributed by atoms with E-state index >= 15 is 0 Å². The third-order valence-corrected chi connectivity index (χ3v) is 3.15. The Labute approximate surface area is 109 Å². The van der Waals surface area contributed by atoms with Gasteiger partial charge in [0.15, 0.2) is 0 Å². The molecule has 2 rings (SSSR count). The van der Waals surface area contributed by atoms with Gasteiger partial charge in [0.25, 0.3) is 0 Å². The van der Waals surface area contributed by atoms with E-state index in [4.69, 9.17) is 10.0 Å². The molecule has 1 aromatic rings. The van der Waals surface area contributed by atoms with E-state index in [0.29, 0.717) is 13.1 Å². The Morgan fingerprint density at radius 3 is 2.32 bits per heavy atom. The van der Waals surface area contributed by atoms with Crippen molar-refractivity contribution in [1.29, 1.82) is 0 Å². The zero-order valence-corrected chi connectivity index (χ0v) is 10.2. The van der Waals surface area contributed by atoms with Gasteiger partial charge in [-0.25, -0.2) is 4.98 Å². The van der Waals surface area contributed by atoms with Gasteiger partial charge in [0.2, 0.25) is 0 Å². The lowest BCUT2D eigenvalue weighted by Crippen LogP contribution is -2.36. The molecule has 0 saturated carbocycles. The van der Waals surface area contributed by atoms with Crippen molar-refractivity contribution >= 4 is 18.4 Å². The van der Waals surface area contributed by atoms with Crippen molar-refractivity contribution in [2.45, 2.75) is 25.4 Å². The molecule has 2 N–H and O–H groups in total. The van der Waals surface area contributed by atoms with Crippen molar-refractivity contribution < 1.29 is 23.2 Å². The van der Waals surface area contributed by atoms with Crippen LogP contribution in [0.3, 0.4) is 0 Å². The Balaban J connectivity index is 2.41. The number of halogens is 3. The van der Waals surface area contributed by atoms with E-state index in [2.05, 4.69) is 4.98 Å². The molecule has 0 spiro atoms. The highest BCUT2D eigenvalue weighted by Gasteiger charge is 2.37. The number of rotatable bonds is 2. The van der Waals surface area contributed by atoms with Crippen molar-refractivity contribution in [2.75, 3.05) is 18.0 Å². The smallest absolute Gasteiger partial charge is 0.423 e. The normalized spacial score (nSPS) is 16.6. The highest BCUT2D eigenvalue weighted by atomic mass is 19.4. The lowest BCUT2D eigenvalue weighted by atomic mass is 9.81. The first-order valence-electron chi connectivity index (χ1n) is 6.08. The number of aromatic nitrogens is 1. The number of hydrogen-bond acceptors (Lipinski definition) is 4. The number of nitrogens with zero attached hydrogens (tertiary/aromatic N) is 2. The zero-order valence-electron chi connectivity index (χ0n) is 10.2. The van der Waals surface area contributed by atoms with Gasteiger partial charge in [0.05, 0.1) is 5.56 Å². The fourth-order valence-electron chi connectivity index (χ4n) is 2.18. The van der Waals surface area contributed by atoms with Crippen molar-refractivity contribution in [2.24, 2.45) is 0 Å². The van der Waals surface area contributed by atoms with Crippen LogP contribution in [0.1, 0.15) is 24.8 Å². The maximum Gasteiger partial charge on any atom is 0.490 e. The van der Waals surface area contributed by atoms with E-state index < -0.39 is 18.9 Å². The minimum Gasteiger partial charge on any atom is -0.423 e. The van der Waals surface area contributed by atoms with E-state index in [-0.39, 0.29) is 11.3 Å². The SMILES string of the molecule is OB(O)c1cnc(N2CCCCC2)c(C(F)(F)F)c1. The molecule has 1 fully saturated rings. The first-order chi connectivity index (χ1) is 8.89. The second kappa shape index (κ2) is 5.38. The monoisotopic (exact) mass is 274 g/mol. The van der Waals surface area contributed by atoms with E-state index in [9.17, 15) is 13.2 Å². The Bertz CT molecular complexity index is 448. The van der Waals surface area contributed by atoms with E-state index in [1.165, 1.54) is 0 Å². The first kappa shape index (κ1) is 14.1. The molecule has 0 unspecified atom stereocenters. The van der Waals surface area contributed by atoms with Gasteiger partial charge in [0.1, 0.15) is 5.82 Å². The maximum absolute atomic E-state index is 13.0. The second-order valence-corrected chi connectivity index (χ2v) is 4.56. The summed E-state index contributed by atoms with van der Waals surface area (Å²) in [6.45, 7) is 1.08. The summed E-state index contributed by atoms with van der Waals surface area (Å²) in [5.41, 5.74) is -1.17. The summed E-state index contributed by atoms with van der Waals surface area (Å²) in [5.74, 6) is -0.128. The fourth-order valence-corrected chi connectivity index (χ4v) is 2.18. The molecule has 0 bridgehead atoms. The third kappa shape index (κ3) is 3.19. The summed E-state index contributed by atoms with van der Waals surface area (Å²) in [7, 11) is -1.95. The topological polar surface area (TPSA) is 56.6 Å². The number of piperidine rings is 1. The summed E-state index contributed by atoms with van der Waals surface area (Å²) >= 11 is 0. The van der Waals surface area contributed by atoms with Crippen LogP contribution in [0.25, 0.3) is 0 Å². The summed E-state index contributed by atoms with van der Waals surface area (Å²) in [6, 6.07) is 0.752. The number of hydrogen-bond donors (Lipinski definition) is 2. The quantitative estimate of drug-likeness (QED) is 0.782. The highest BCUT2D eigenvalue weighted by molar-refractivity contribution is 6.58. The molecule has 104 valence electrons. The largest absolute Gasteiger partial charge is 0.490 e. The van der Waals surface area contributed by atoms with Gasteiger partial charge in [-0.3, -0.25) is 0 Å². The molecule has 1 aliphatic rings. The minimum atomic E-state index is -4.56. The van der Waals surface area contributed by atoms with Gasteiger partial charge in [-0.15, -0.1) is 0 Å². The van der Waals surface area contributed by atoms with Crippen molar-refractivity contribution in [3.63, 3.8) is 0 Å². The molecule has 2 heterocycles.